The van der Waals surface area contributed by atoms with Crippen molar-refractivity contribution >= 4 is 61.6 Å². The molecule has 0 fully saturated rings. The highest BCUT2D eigenvalue weighted by Crippen LogP contribution is 2.33. The smallest absolute Gasteiger partial charge is 0.252 e. The molecule has 3 aromatic heterocycles. The number of aryl methyl sites for hydroxylation is 3. The zero-order valence-electron chi connectivity index (χ0n) is 16.9. The van der Waals surface area contributed by atoms with E-state index in [4.69, 9.17) is 16.6 Å². The van der Waals surface area contributed by atoms with Crippen LogP contribution in [-0.2, 0) is 11.3 Å². The fraction of sp³-hybridized carbons (Fsp3) is 0.227. The van der Waals surface area contributed by atoms with Crippen LogP contribution < -0.4 is 4.90 Å². The molecular formula is C22H21ClN4OS2. The Morgan fingerprint density at radius 1 is 1.27 bits per heavy atom. The van der Waals surface area contributed by atoms with E-state index in [9.17, 15) is 4.79 Å². The van der Waals surface area contributed by atoms with Gasteiger partial charge in [-0.2, -0.15) is 5.10 Å². The van der Waals surface area contributed by atoms with E-state index in [-0.39, 0.29) is 5.91 Å². The van der Waals surface area contributed by atoms with Crippen molar-refractivity contribution in [3.8, 4) is 0 Å². The molecule has 1 aromatic carbocycles. The number of amides is 1. The summed E-state index contributed by atoms with van der Waals surface area (Å²) in [6.45, 7) is 7.01. The van der Waals surface area contributed by atoms with Crippen molar-refractivity contribution in [1.82, 2.24) is 14.8 Å². The van der Waals surface area contributed by atoms with Crippen LogP contribution in [0.5, 0.6) is 0 Å². The Kier molecular flexibility index (Phi) is 6.04. The van der Waals surface area contributed by atoms with Gasteiger partial charge < -0.3 is 0 Å². The quantitative estimate of drug-likeness (QED) is 0.340. The third-order valence-corrected chi connectivity index (χ3v) is 7.10. The van der Waals surface area contributed by atoms with Gasteiger partial charge in [-0.05, 0) is 62.1 Å². The number of thiazole rings is 1. The van der Waals surface area contributed by atoms with Crippen molar-refractivity contribution in [3.63, 3.8) is 0 Å². The lowest BCUT2D eigenvalue weighted by Gasteiger charge is -2.18. The Morgan fingerprint density at radius 3 is 2.80 bits per heavy atom. The van der Waals surface area contributed by atoms with Crippen LogP contribution >= 0.6 is 34.3 Å². The lowest BCUT2D eigenvalue weighted by Crippen LogP contribution is -2.33. The van der Waals surface area contributed by atoms with Crippen LogP contribution in [0.1, 0.15) is 21.8 Å². The first-order valence-electron chi connectivity index (χ1n) is 9.52. The molecular weight excluding hydrogens is 436 g/mol. The Bertz CT molecular complexity index is 1220. The summed E-state index contributed by atoms with van der Waals surface area (Å²) in [7, 11) is 0. The van der Waals surface area contributed by atoms with Crippen LogP contribution in [-0.4, -0.2) is 27.2 Å². The van der Waals surface area contributed by atoms with Gasteiger partial charge in [-0.15, -0.1) is 11.3 Å². The maximum atomic E-state index is 13.1. The highest BCUT2D eigenvalue weighted by atomic mass is 35.5. The Hall–Kier alpha value is -2.48. The zero-order valence-corrected chi connectivity index (χ0v) is 19.3. The molecule has 4 aromatic rings. The molecule has 0 aliphatic heterocycles. The lowest BCUT2D eigenvalue weighted by molar-refractivity contribution is -0.114. The van der Waals surface area contributed by atoms with Crippen molar-refractivity contribution in [1.29, 1.82) is 0 Å². The maximum Gasteiger partial charge on any atom is 0.252 e. The molecule has 0 spiro atoms. The number of nitrogens with zero attached hydrogens (tertiary/aromatic N) is 4. The zero-order chi connectivity index (χ0) is 21.3. The first kappa shape index (κ1) is 20.8. The number of carbonyl (C=O) groups excluding carboxylic acids is 1. The second-order valence-corrected chi connectivity index (χ2v) is 9.40. The van der Waals surface area contributed by atoms with E-state index in [0.717, 1.165) is 32.0 Å². The van der Waals surface area contributed by atoms with Crippen LogP contribution in [0.2, 0.25) is 5.02 Å². The molecule has 3 heterocycles. The summed E-state index contributed by atoms with van der Waals surface area (Å²) in [5, 5.41) is 7.85. The number of halogens is 1. The minimum atomic E-state index is -0.104. The van der Waals surface area contributed by atoms with Gasteiger partial charge in [0.15, 0.2) is 5.13 Å². The van der Waals surface area contributed by atoms with Gasteiger partial charge >= 0.3 is 0 Å². The van der Waals surface area contributed by atoms with E-state index in [2.05, 4.69) is 5.10 Å². The van der Waals surface area contributed by atoms with Crippen LogP contribution in [0.25, 0.3) is 16.3 Å². The number of fused-ring (bicyclic) bond motifs is 1. The molecule has 0 aliphatic carbocycles. The molecule has 4 rings (SSSR count). The standard InChI is InChI=1S/C22H21ClN4OS2/c1-14-13-15(2)27(25-14)11-10-26(20(28)9-6-17-5-4-12-29-17)22-24-21-16(3)18(23)7-8-19(21)30-22/h4-9,12-13H,10-11H2,1-3H3. The number of hydrogen-bond acceptors (Lipinski definition) is 5. The van der Waals surface area contributed by atoms with E-state index >= 15 is 0 Å². The normalized spacial score (nSPS) is 11.6. The van der Waals surface area contributed by atoms with E-state index in [1.54, 1.807) is 22.3 Å². The number of thiophene rings is 1. The largest absolute Gasteiger partial charge is 0.283 e. The van der Waals surface area contributed by atoms with Gasteiger partial charge in [0.05, 0.1) is 22.5 Å². The molecule has 8 heteroatoms. The third-order valence-electron chi connectivity index (χ3n) is 4.81. The van der Waals surface area contributed by atoms with Crippen molar-refractivity contribution in [3.05, 3.63) is 68.6 Å². The van der Waals surface area contributed by atoms with Crippen molar-refractivity contribution in [2.45, 2.75) is 27.3 Å². The first-order chi connectivity index (χ1) is 14.4. The number of anilines is 1. The molecule has 1 amide bonds. The summed E-state index contributed by atoms with van der Waals surface area (Å²) in [4.78, 5) is 20.6. The number of hydrogen-bond donors (Lipinski definition) is 0. The van der Waals surface area contributed by atoms with Gasteiger partial charge in [0.2, 0.25) is 0 Å². The van der Waals surface area contributed by atoms with Gasteiger partial charge in [-0.25, -0.2) is 4.98 Å². The molecule has 5 nitrogen and oxygen atoms in total. The summed E-state index contributed by atoms with van der Waals surface area (Å²) in [6.07, 6.45) is 3.46. The summed E-state index contributed by atoms with van der Waals surface area (Å²) in [5.41, 5.74) is 3.81. The molecule has 154 valence electrons. The predicted octanol–water partition coefficient (Wildman–Crippen LogP) is 5.88. The van der Waals surface area contributed by atoms with E-state index < -0.39 is 0 Å². The van der Waals surface area contributed by atoms with E-state index in [1.165, 1.54) is 11.3 Å². The molecule has 0 bridgehead atoms. The third kappa shape index (κ3) is 4.33. The first-order valence-corrected chi connectivity index (χ1v) is 11.6. The fourth-order valence-electron chi connectivity index (χ4n) is 3.23. The fourth-order valence-corrected chi connectivity index (χ4v) is 5.06. The molecule has 0 unspecified atom stereocenters. The van der Waals surface area contributed by atoms with Crippen molar-refractivity contribution < 1.29 is 4.79 Å². The average molecular weight is 457 g/mol. The van der Waals surface area contributed by atoms with Crippen molar-refractivity contribution in [2.24, 2.45) is 0 Å². The number of rotatable bonds is 6. The van der Waals surface area contributed by atoms with E-state index in [1.807, 2.05) is 67.2 Å². The number of aromatic nitrogens is 3. The predicted molar refractivity (Wildman–Crippen MR) is 127 cm³/mol. The van der Waals surface area contributed by atoms with Crippen LogP contribution in [0, 0.1) is 20.8 Å². The SMILES string of the molecule is Cc1cc(C)n(CCN(C(=O)C=Cc2cccs2)c2nc3c(C)c(Cl)ccc3s2)n1. The molecule has 30 heavy (non-hydrogen) atoms. The lowest BCUT2D eigenvalue weighted by atomic mass is 10.2. The summed E-state index contributed by atoms with van der Waals surface area (Å²) >= 11 is 9.36. The summed E-state index contributed by atoms with van der Waals surface area (Å²) < 4.78 is 2.94. The molecule has 0 saturated carbocycles. The van der Waals surface area contributed by atoms with Gasteiger partial charge in [0, 0.05) is 28.2 Å². The van der Waals surface area contributed by atoms with Gasteiger partial charge in [0.25, 0.3) is 5.91 Å². The highest BCUT2D eigenvalue weighted by molar-refractivity contribution is 7.22. The Balaban J connectivity index is 1.66. The molecule has 0 radical (unpaired) electrons. The number of benzene rings is 1. The molecule has 0 aliphatic rings. The van der Waals surface area contributed by atoms with Crippen molar-refractivity contribution in [2.75, 3.05) is 11.4 Å². The monoisotopic (exact) mass is 456 g/mol. The second-order valence-electron chi connectivity index (χ2n) is 7.00. The average Bonchev–Trinajstić information content (AvgIpc) is 3.44. The Labute approximate surface area is 188 Å². The highest BCUT2D eigenvalue weighted by Gasteiger charge is 2.19. The topological polar surface area (TPSA) is 51.0 Å². The van der Waals surface area contributed by atoms with Gasteiger partial charge in [-0.3, -0.25) is 14.4 Å². The Morgan fingerprint density at radius 2 is 2.10 bits per heavy atom. The summed E-state index contributed by atoms with van der Waals surface area (Å²) in [5.74, 6) is -0.104. The summed E-state index contributed by atoms with van der Waals surface area (Å²) in [6, 6.07) is 9.82. The number of carbonyl (C=O) groups is 1. The van der Waals surface area contributed by atoms with Crippen LogP contribution in [0.3, 0.4) is 0 Å². The molecule has 0 atom stereocenters. The maximum absolute atomic E-state index is 13.1. The minimum absolute atomic E-state index is 0.104. The minimum Gasteiger partial charge on any atom is -0.283 e. The molecule has 0 saturated heterocycles. The van der Waals surface area contributed by atoms with E-state index in [0.29, 0.717) is 23.2 Å². The van der Waals surface area contributed by atoms with Gasteiger partial charge in [-0.1, -0.05) is 29.0 Å². The van der Waals surface area contributed by atoms with Crippen LogP contribution in [0.15, 0.2) is 41.8 Å². The molecule has 0 N–H and O–H groups in total. The van der Waals surface area contributed by atoms with Crippen LogP contribution in [0.4, 0.5) is 5.13 Å². The van der Waals surface area contributed by atoms with Gasteiger partial charge in [0.1, 0.15) is 0 Å². The second kappa shape index (κ2) is 8.71.